The van der Waals surface area contributed by atoms with Crippen LogP contribution >= 0.6 is 0 Å². The van der Waals surface area contributed by atoms with Crippen molar-refractivity contribution in [2.45, 2.75) is 39.2 Å². The molecule has 1 aliphatic rings. The molecular weight excluding hydrogens is 400 g/mol. The van der Waals surface area contributed by atoms with Crippen LogP contribution in [0.4, 0.5) is 0 Å². The molecule has 1 aromatic carbocycles. The number of aromatic nitrogens is 1. The number of carbonyl (C=O) groups excluding carboxylic acids is 2. The van der Waals surface area contributed by atoms with E-state index in [9.17, 15) is 19.8 Å². The van der Waals surface area contributed by atoms with Crippen molar-refractivity contribution in [3.8, 4) is 22.9 Å². The first-order chi connectivity index (χ1) is 14.7. The fourth-order valence-electron chi connectivity index (χ4n) is 4.20. The summed E-state index contributed by atoms with van der Waals surface area (Å²) in [7, 11) is 4.57. The number of esters is 1. The Bertz CT molecular complexity index is 953. The van der Waals surface area contributed by atoms with Crippen LogP contribution < -0.4 is 4.74 Å². The van der Waals surface area contributed by atoms with Gasteiger partial charge >= 0.3 is 5.97 Å². The van der Waals surface area contributed by atoms with Crippen molar-refractivity contribution in [3.63, 3.8) is 0 Å². The molecule has 8 heteroatoms. The van der Waals surface area contributed by atoms with Gasteiger partial charge in [0.15, 0.2) is 22.9 Å². The molecule has 0 saturated heterocycles. The molecule has 0 radical (unpaired) electrons. The molecule has 168 valence electrons. The van der Waals surface area contributed by atoms with Gasteiger partial charge in [-0.25, -0.2) is 4.79 Å². The molecule has 0 spiro atoms. The maximum absolute atomic E-state index is 13.2. The van der Waals surface area contributed by atoms with Gasteiger partial charge in [-0.2, -0.15) is 0 Å². The Morgan fingerprint density at radius 1 is 1.00 bits per heavy atom. The fraction of sp³-hybridized carbons (Fsp3) is 0.478. The molecule has 1 saturated carbocycles. The zero-order chi connectivity index (χ0) is 22.9. The molecule has 1 aromatic heterocycles. The van der Waals surface area contributed by atoms with Crippen LogP contribution in [0.5, 0.6) is 17.2 Å². The second kappa shape index (κ2) is 8.91. The third kappa shape index (κ3) is 4.19. The number of aromatic hydroxyl groups is 2. The van der Waals surface area contributed by atoms with Gasteiger partial charge < -0.3 is 24.6 Å². The highest BCUT2D eigenvalue weighted by atomic mass is 16.5. The van der Waals surface area contributed by atoms with Crippen LogP contribution in [0.3, 0.4) is 0 Å². The van der Waals surface area contributed by atoms with Gasteiger partial charge in [0, 0.05) is 19.8 Å². The zero-order valence-electron chi connectivity index (χ0n) is 18.6. The van der Waals surface area contributed by atoms with E-state index in [0.717, 1.165) is 19.3 Å². The molecule has 0 aliphatic heterocycles. The van der Waals surface area contributed by atoms with Crippen molar-refractivity contribution in [1.29, 1.82) is 0 Å². The van der Waals surface area contributed by atoms with Gasteiger partial charge in [0.05, 0.1) is 7.11 Å². The first kappa shape index (κ1) is 22.5. The molecule has 1 amide bonds. The summed E-state index contributed by atoms with van der Waals surface area (Å²) in [5.41, 5.74) is -0.0968. The van der Waals surface area contributed by atoms with E-state index >= 15 is 0 Å². The lowest BCUT2D eigenvalue weighted by atomic mass is 9.80. The Hall–Kier alpha value is -3.16. The third-order valence-electron chi connectivity index (χ3n) is 5.94. The van der Waals surface area contributed by atoms with Crippen LogP contribution in [0.1, 0.15) is 54.1 Å². The topological polar surface area (TPSA) is 101 Å². The van der Waals surface area contributed by atoms with Gasteiger partial charge in [-0.15, -0.1) is 0 Å². The van der Waals surface area contributed by atoms with Crippen LogP contribution in [-0.4, -0.2) is 58.9 Å². The highest BCUT2D eigenvalue weighted by molar-refractivity contribution is 6.02. The van der Waals surface area contributed by atoms with E-state index in [0.29, 0.717) is 11.4 Å². The van der Waals surface area contributed by atoms with Crippen molar-refractivity contribution in [2.75, 3.05) is 21.2 Å². The van der Waals surface area contributed by atoms with E-state index < -0.39 is 23.4 Å². The van der Waals surface area contributed by atoms with Crippen molar-refractivity contribution < 1.29 is 29.3 Å². The predicted octanol–water partition coefficient (Wildman–Crippen LogP) is 3.58. The molecule has 0 bridgehead atoms. The minimum absolute atomic E-state index is 0.177. The summed E-state index contributed by atoms with van der Waals surface area (Å²) in [4.78, 5) is 27.3. The van der Waals surface area contributed by atoms with Gasteiger partial charge in [0.2, 0.25) is 0 Å². The number of rotatable bonds is 5. The normalized spacial score (nSPS) is 20.9. The summed E-state index contributed by atoms with van der Waals surface area (Å²) in [6.07, 6.45) is 2.66. The Labute approximate surface area is 182 Å². The molecule has 1 aliphatic carbocycles. The van der Waals surface area contributed by atoms with Crippen molar-refractivity contribution in [1.82, 2.24) is 9.47 Å². The van der Waals surface area contributed by atoms with Crippen molar-refractivity contribution >= 4 is 11.9 Å². The smallest absolute Gasteiger partial charge is 0.359 e. The first-order valence-electron chi connectivity index (χ1n) is 10.4. The van der Waals surface area contributed by atoms with Crippen LogP contribution in [0.15, 0.2) is 24.3 Å². The van der Waals surface area contributed by atoms with Crippen LogP contribution in [0, 0.1) is 11.8 Å². The Kier molecular flexibility index (Phi) is 6.48. The standard InChI is InChI=1S/C23H30N2O6/c1-13-7-6-8-14(2)21(13)31-23(29)18-20(27)19(26)17(22(28)24(3)4)25(18)15-9-11-16(30-5)12-10-15/h9-14,21,26-27H,6-8H2,1-5H3. The molecule has 2 atom stereocenters. The predicted molar refractivity (Wildman–Crippen MR) is 115 cm³/mol. The van der Waals surface area contributed by atoms with E-state index in [-0.39, 0.29) is 29.3 Å². The van der Waals surface area contributed by atoms with Gasteiger partial charge in [0.25, 0.3) is 5.91 Å². The maximum atomic E-state index is 13.2. The number of hydrogen-bond donors (Lipinski definition) is 2. The van der Waals surface area contributed by atoms with E-state index in [4.69, 9.17) is 9.47 Å². The Morgan fingerprint density at radius 3 is 2.06 bits per heavy atom. The minimum Gasteiger partial charge on any atom is -0.503 e. The molecule has 1 fully saturated rings. The number of hydrogen-bond acceptors (Lipinski definition) is 6. The summed E-state index contributed by atoms with van der Waals surface area (Å²) in [5.74, 6) is -1.76. The molecular formula is C23H30N2O6. The highest BCUT2D eigenvalue weighted by Gasteiger charge is 2.37. The zero-order valence-corrected chi connectivity index (χ0v) is 18.6. The number of ether oxygens (including phenoxy) is 2. The molecule has 2 N–H and O–H groups in total. The van der Waals surface area contributed by atoms with Crippen molar-refractivity contribution in [3.05, 3.63) is 35.7 Å². The average Bonchev–Trinajstić information content (AvgIpc) is 3.01. The van der Waals surface area contributed by atoms with E-state index in [1.54, 1.807) is 24.3 Å². The van der Waals surface area contributed by atoms with Crippen molar-refractivity contribution in [2.24, 2.45) is 11.8 Å². The summed E-state index contributed by atoms with van der Waals surface area (Å²) in [6.45, 7) is 4.07. The molecule has 3 rings (SSSR count). The van der Waals surface area contributed by atoms with E-state index in [2.05, 4.69) is 0 Å². The number of nitrogens with zero attached hydrogens (tertiary/aromatic N) is 2. The third-order valence-corrected chi connectivity index (χ3v) is 5.94. The lowest BCUT2D eigenvalue weighted by molar-refractivity contribution is -0.0171. The van der Waals surface area contributed by atoms with Gasteiger partial charge in [-0.3, -0.25) is 9.36 Å². The SMILES string of the molecule is COc1ccc(-n2c(C(=O)OC3C(C)CCCC3C)c(O)c(O)c2C(=O)N(C)C)cc1. The summed E-state index contributed by atoms with van der Waals surface area (Å²) in [6, 6.07) is 6.58. The highest BCUT2D eigenvalue weighted by Crippen LogP contribution is 2.40. The molecule has 2 aromatic rings. The second-order valence-electron chi connectivity index (χ2n) is 8.38. The number of carbonyl (C=O) groups is 2. The van der Waals surface area contributed by atoms with E-state index in [1.165, 1.54) is 30.7 Å². The number of methoxy groups -OCH3 is 1. The summed E-state index contributed by atoms with van der Waals surface area (Å²) in [5, 5.41) is 21.2. The summed E-state index contributed by atoms with van der Waals surface area (Å²) >= 11 is 0. The Balaban J connectivity index is 2.13. The average molecular weight is 431 g/mol. The lowest BCUT2D eigenvalue weighted by Gasteiger charge is -2.33. The Morgan fingerprint density at radius 2 is 1.55 bits per heavy atom. The quantitative estimate of drug-likeness (QED) is 0.703. The lowest BCUT2D eigenvalue weighted by Crippen LogP contribution is -2.35. The van der Waals surface area contributed by atoms with Crippen LogP contribution in [0.2, 0.25) is 0 Å². The van der Waals surface area contributed by atoms with E-state index in [1.807, 2.05) is 13.8 Å². The molecule has 2 unspecified atom stereocenters. The largest absolute Gasteiger partial charge is 0.503 e. The molecule has 31 heavy (non-hydrogen) atoms. The fourth-order valence-corrected chi connectivity index (χ4v) is 4.20. The second-order valence-corrected chi connectivity index (χ2v) is 8.38. The monoisotopic (exact) mass is 430 g/mol. The van der Waals surface area contributed by atoms with Gasteiger partial charge in [0.1, 0.15) is 11.9 Å². The number of amides is 1. The minimum atomic E-state index is -0.785. The molecule has 1 heterocycles. The maximum Gasteiger partial charge on any atom is 0.359 e. The summed E-state index contributed by atoms with van der Waals surface area (Å²) < 4.78 is 12.2. The van der Waals surface area contributed by atoms with Gasteiger partial charge in [-0.1, -0.05) is 20.3 Å². The van der Waals surface area contributed by atoms with Crippen LogP contribution in [-0.2, 0) is 4.74 Å². The number of benzene rings is 1. The first-order valence-corrected chi connectivity index (χ1v) is 10.4. The van der Waals surface area contributed by atoms with Gasteiger partial charge in [-0.05, 0) is 48.9 Å². The van der Waals surface area contributed by atoms with Crippen LogP contribution in [0.25, 0.3) is 5.69 Å². The molecule has 8 nitrogen and oxygen atoms in total.